The summed E-state index contributed by atoms with van der Waals surface area (Å²) in [5, 5.41) is 20.8. The molecule has 8 nitrogen and oxygen atoms in total. The molecule has 1 N–H and O–H groups in total. The van der Waals surface area contributed by atoms with Crippen molar-refractivity contribution in [2.75, 3.05) is 26.3 Å². The third kappa shape index (κ3) is 2.26. The van der Waals surface area contributed by atoms with E-state index in [4.69, 9.17) is 4.74 Å². The number of aromatic nitrogens is 4. The highest BCUT2D eigenvalue weighted by Crippen LogP contribution is 2.49. The topological polar surface area (TPSA) is 93.4 Å². The predicted molar refractivity (Wildman–Crippen MR) is 78.6 cm³/mol. The van der Waals surface area contributed by atoms with Crippen LogP contribution in [0.25, 0.3) is 0 Å². The Kier molecular flexibility index (Phi) is 3.26. The zero-order valence-electron chi connectivity index (χ0n) is 12.5. The van der Waals surface area contributed by atoms with Gasteiger partial charge in [-0.1, -0.05) is 18.2 Å². The second-order valence-corrected chi connectivity index (χ2v) is 6.18. The Morgan fingerprint density at radius 2 is 2.30 bits per heavy atom. The first-order chi connectivity index (χ1) is 11.2. The fraction of sp³-hybridized carbons (Fsp3) is 0.467. The smallest absolute Gasteiger partial charge is 0.244 e. The van der Waals surface area contributed by atoms with Gasteiger partial charge in [0.05, 0.1) is 18.6 Å². The van der Waals surface area contributed by atoms with Crippen LogP contribution in [0.3, 0.4) is 0 Å². The van der Waals surface area contributed by atoms with E-state index in [9.17, 15) is 9.90 Å². The van der Waals surface area contributed by atoms with Crippen LogP contribution in [0.5, 0.6) is 5.75 Å². The standard InChI is InChI=1S/C15H17N5O3/c21-8-15-7-19(14(22)6-20-10-16-17-18-20)5-12(15)11-3-1-2-4-13(11)23-9-15/h1-4,10,12,21H,5-9H2/t12-,15-/m1/s1. The molecule has 0 unspecified atom stereocenters. The van der Waals surface area contributed by atoms with Gasteiger partial charge in [0.2, 0.25) is 5.91 Å². The number of benzene rings is 1. The van der Waals surface area contributed by atoms with Gasteiger partial charge in [-0.05, 0) is 22.1 Å². The minimum absolute atomic E-state index is 0.0132. The van der Waals surface area contributed by atoms with E-state index in [1.54, 1.807) is 4.90 Å². The molecule has 2 aliphatic heterocycles. The van der Waals surface area contributed by atoms with Crippen LogP contribution in [-0.2, 0) is 11.3 Å². The molecule has 1 aromatic carbocycles. The van der Waals surface area contributed by atoms with E-state index in [1.807, 2.05) is 24.3 Å². The molecule has 0 aliphatic carbocycles. The third-order valence-corrected chi connectivity index (χ3v) is 4.81. The van der Waals surface area contributed by atoms with Gasteiger partial charge in [0.15, 0.2) is 0 Å². The first-order valence-electron chi connectivity index (χ1n) is 7.53. The summed E-state index contributed by atoms with van der Waals surface area (Å²) in [5.74, 6) is 0.864. The number of hydrogen-bond donors (Lipinski definition) is 1. The number of hydrogen-bond acceptors (Lipinski definition) is 6. The third-order valence-electron chi connectivity index (χ3n) is 4.81. The Morgan fingerprint density at radius 3 is 3.09 bits per heavy atom. The molecule has 4 rings (SSSR count). The summed E-state index contributed by atoms with van der Waals surface area (Å²) in [4.78, 5) is 14.3. The minimum Gasteiger partial charge on any atom is -0.493 e. The summed E-state index contributed by atoms with van der Waals surface area (Å²) >= 11 is 0. The Balaban J connectivity index is 1.59. The molecule has 0 saturated carbocycles. The minimum atomic E-state index is -0.440. The predicted octanol–water partition coefficient (Wildman–Crippen LogP) is -0.330. The van der Waals surface area contributed by atoms with Crippen molar-refractivity contribution >= 4 is 5.91 Å². The summed E-state index contributed by atoms with van der Waals surface area (Å²) in [6.07, 6.45) is 1.42. The van der Waals surface area contributed by atoms with Crippen LogP contribution >= 0.6 is 0 Å². The fourth-order valence-electron chi connectivity index (χ4n) is 3.55. The lowest BCUT2D eigenvalue weighted by atomic mass is 9.74. The Morgan fingerprint density at radius 1 is 1.43 bits per heavy atom. The molecule has 0 radical (unpaired) electrons. The molecular weight excluding hydrogens is 298 g/mol. The van der Waals surface area contributed by atoms with Crippen LogP contribution in [0, 0.1) is 5.41 Å². The fourth-order valence-corrected chi connectivity index (χ4v) is 3.55. The Bertz CT molecular complexity index is 720. The number of nitrogens with zero attached hydrogens (tertiary/aromatic N) is 5. The van der Waals surface area contributed by atoms with Gasteiger partial charge in [-0.3, -0.25) is 4.79 Å². The molecule has 23 heavy (non-hydrogen) atoms. The van der Waals surface area contributed by atoms with E-state index in [2.05, 4.69) is 15.5 Å². The van der Waals surface area contributed by atoms with E-state index in [1.165, 1.54) is 11.0 Å². The highest BCUT2D eigenvalue weighted by Gasteiger charge is 2.51. The van der Waals surface area contributed by atoms with Gasteiger partial charge in [-0.15, -0.1) is 5.10 Å². The maximum atomic E-state index is 12.5. The highest BCUT2D eigenvalue weighted by atomic mass is 16.5. The van der Waals surface area contributed by atoms with Crippen molar-refractivity contribution in [3.8, 4) is 5.75 Å². The van der Waals surface area contributed by atoms with Gasteiger partial charge in [0.25, 0.3) is 0 Å². The molecule has 8 heteroatoms. The number of fused-ring (bicyclic) bond motifs is 3. The van der Waals surface area contributed by atoms with Gasteiger partial charge >= 0.3 is 0 Å². The van der Waals surface area contributed by atoms with Crippen LogP contribution in [0.15, 0.2) is 30.6 Å². The average Bonchev–Trinajstić information content (AvgIpc) is 3.22. The molecule has 2 atom stereocenters. The number of rotatable bonds is 3. The maximum absolute atomic E-state index is 12.5. The monoisotopic (exact) mass is 315 g/mol. The normalized spacial score (nSPS) is 25.6. The van der Waals surface area contributed by atoms with E-state index >= 15 is 0 Å². The van der Waals surface area contributed by atoms with E-state index < -0.39 is 5.41 Å². The van der Waals surface area contributed by atoms with E-state index in [0.717, 1.165) is 11.3 Å². The Hall–Kier alpha value is -2.48. The van der Waals surface area contributed by atoms with Crippen LogP contribution in [0.1, 0.15) is 11.5 Å². The summed E-state index contributed by atoms with van der Waals surface area (Å²) in [6.45, 7) is 1.55. The average molecular weight is 315 g/mol. The number of carbonyl (C=O) groups is 1. The number of carbonyl (C=O) groups excluding carboxylic acids is 1. The lowest BCUT2D eigenvalue weighted by Gasteiger charge is -2.37. The van der Waals surface area contributed by atoms with Gasteiger partial charge in [0, 0.05) is 19.0 Å². The number of ether oxygens (including phenoxy) is 1. The summed E-state index contributed by atoms with van der Waals surface area (Å²) < 4.78 is 7.23. The summed E-state index contributed by atoms with van der Waals surface area (Å²) in [5.41, 5.74) is 0.621. The molecule has 3 heterocycles. The molecule has 2 aliphatic rings. The molecule has 2 aromatic rings. The number of aliphatic hydroxyl groups is 1. The van der Waals surface area contributed by atoms with Gasteiger partial charge < -0.3 is 14.7 Å². The molecule has 1 fully saturated rings. The lowest BCUT2D eigenvalue weighted by Crippen LogP contribution is -2.42. The van der Waals surface area contributed by atoms with Crippen molar-refractivity contribution in [3.05, 3.63) is 36.2 Å². The second-order valence-electron chi connectivity index (χ2n) is 6.18. The zero-order chi connectivity index (χ0) is 15.9. The van der Waals surface area contributed by atoms with E-state index in [-0.39, 0.29) is 25.0 Å². The van der Waals surface area contributed by atoms with Crippen molar-refractivity contribution in [2.45, 2.75) is 12.5 Å². The number of tetrazole rings is 1. The lowest BCUT2D eigenvalue weighted by molar-refractivity contribution is -0.131. The maximum Gasteiger partial charge on any atom is 0.244 e. The summed E-state index contributed by atoms with van der Waals surface area (Å²) in [6, 6.07) is 7.84. The number of amides is 1. The zero-order valence-corrected chi connectivity index (χ0v) is 12.5. The Labute approximate surface area is 132 Å². The first-order valence-corrected chi connectivity index (χ1v) is 7.53. The van der Waals surface area contributed by atoms with Crippen LogP contribution in [-0.4, -0.2) is 62.4 Å². The SMILES string of the molecule is O=C(Cn1cnnn1)N1C[C@@H]2c3ccccc3OC[C@]2(CO)C1. The highest BCUT2D eigenvalue weighted by molar-refractivity contribution is 5.76. The molecule has 0 bridgehead atoms. The first kappa shape index (κ1) is 14.1. The quantitative estimate of drug-likeness (QED) is 0.834. The number of aliphatic hydroxyl groups excluding tert-OH is 1. The van der Waals surface area contributed by atoms with Crippen LogP contribution in [0.2, 0.25) is 0 Å². The van der Waals surface area contributed by atoms with Crippen molar-refractivity contribution in [1.82, 2.24) is 25.1 Å². The second kappa shape index (κ2) is 5.31. The number of likely N-dealkylation sites (tertiary alicyclic amines) is 1. The number of para-hydroxylation sites is 1. The van der Waals surface area contributed by atoms with Crippen molar-refractivity contribution in [1.29, 1.82) is 0 Å². The molecular formula is C15H17N5O3. The van der Waals surface area contributed by atoms with Crippen LogP contribution in [0.4, 0.5) is 0 Å². The molecule has 120 valence electrons. The van der Waals surface area contributed by atoms with Gasteiger partial charge in [0.1, 0.15) is 18.6 Å². The molecule has 1 amide bonds. The van der Waals surface area contributed by atoms with Crippen molar-refractivity contribution < 1.29 is 14.6 Å². The van der Waals surface area contributed by atoms with Gasteiger partial charge in [-0.2, -0.15) is 0 Å². The van der Waals surface area contributed by atoms with Crippen molar-refractivity contribution in [2.24, 2.45) is 5.41 Å². The van der Waals surface area contributed by atoms with E-state index in [0.29, 0.717) is 19.7 Å². The van der Waals surface area contributed by atoms with Gasteiger partial charge in [-0.25, -0.2) is 4.68 Å². The van der Waals surface area contributed by atoms with Crippen LogP contribution < -0.4 is 4.74 Å². The molecule has 0 spiro atoms. The van der Waals surface area contributed by atoms with Crippen molar-refractivity contribution in [3.63, 3.8) is 0 Å². The molecule has 1 aromatic heterocycles. The molecule has 1 saturated heterocycles. The largest absolute Gasteiger partial charge is 0.493 e. The summed E-state index contributed by atoms with van der Waals surface area (Å²) in [7, 11) is 0.